The van der Waals surface area contributed by atoms with Crippen molar-refractivity contribution >= 4 is 0 Å². The van der Waals surface area contributed by atoms with Crippen LogP contribution in [-0.2, 0) is 4.74 Å². The van der Waals surface area contributed by atoms with E-state index in [1.54, 1.807) is 0 Å². The third kappa shape index (κ3) is 2.13. The van der Waals surface area contributed by atoms with E-state index in [0.29, 0.717) is 0 Å². The number of nitrogens with zero attached hydrogens (tertiary/aromatic N) is 2. The Kier molecular flexibility index (Phi) is 2.69. The minimum Gasteiger partial charge on any atom is -0.369 e. The minimum absolute atomic E-state index is 0.190. The summed E-state index contributed by atoms with van der Waals surface area (Å²) >= 11 is 0. The van der Waals surface area contributed by atoms with Crippen LogP contribution in [0.4, 0.5) is 0 Å². The molecule has 0 unspecified atom stereocenters. The number of aromatic nitrogens is 2. The Morgan fingerprint density at radius 1 is 1.56 bits per heavy atom. The van der Waals surface area contributed by atoms with Crippen molar-refractivity contribution in [2.24, 2.45) is 5.92 Å². The SMILES string of the molecule is Cc1cn[nH]c1[C@@H]1CN(CC2CC2)CCO1. The van der Waals surface area contributed by atoms with E-state index in [1.807, 2.05) is 6.20 Å². The maximum absolute atomic E-state index is 5.82. The van der Waals surface area contributed by atoms with Crippen LogP contribution in [0.5, 0.6) is 0 Å². The quantitative estimate of drug-likeness (QED) is 0.841. The van der Waals surface area contributed by atoms with Gasteiger partial charge in [0.15, 0.2) is 0 Å². The van der Waals surface area contributed by atoms with Crippen LogP contribution in [0.3, 0.4) is 0 Å². The van der Waals surface area contributed by atoms with Gasteiger partial charge in [-0.15, -0.1) is 0 Å². The molecule has 2 fully saturated rings. The Morgan fingerprint density at radius 2 is 2.44 bits per heavy atom. The van der Waals surface area contributed by atoms with Gasteiger partial charge in [0.25, 0.3) is 0 Å². The molecule has 1 atom stereocenters. The van der Waals surface area contributed by atoms with Gasteiger partial charge < -0.3 is 4.74 Å². The number of aromatic amines is 1. The summed E-state index contributed by atoms with van der Waals surface area (Å²) in [5.74, 6) is 0.960. The highest BCUT2D eigenvalue weighted by molar-refractivity contribution is 5.17. The molecule has 4 heteroatoms. The van der Waals surface area contributed by atoms with Gasteiger partial charge in [-0.3, -0.25) is 10.00 Å². The average Bonchev–Trinajstić information content (AvgIpc) is 2.99. The van der Waals surface area contributed by atoms with Crippen molar-refractivity contribution in [1.29, 1.82) is 0 Å². The van der Waals surface area contributed by atoms with Gasteiger partial charge in [-0.1, -0.05) is 0 Å². The Hall–Kier alpha value is -0.870. The first-order chi connectivity index (χ1) is 7.83. The second-order valence-electron chi connectivity index (χ2n) is 5.03. The Labute approximate surface area is 96.0 Å². The standard InChI is InChI=1S/C12H19N3O/c1-9-6-13-14-12(9)11-8-15(4-5-16-11)7-10-2-3-10/h6,10-11H,2-5,7-8H2,1H3,(H,13,14)/t11-/m0/s1. The summed E-state index contributed by atoms with van der Waals surface area (Å²) in [6.07, 6.45) is 4.91. The topological polar surface area (TPSA) is 41.2 Å². The van der Waals surface area contributed by atoms with Crippen molar-refractivity contribution in [2.75, 3.05) is 26.2 Å². The van der Waals surface area contributed by atoms with Crippen molar-refractivity contribution in [1.82, 2.24) is 15.1 Å². The summed E-state index contributed by atoms with van der Waals surface area (Å²) < 4.78 is 5.82. The lowest BCUT2D eigenvalue weighted by Crippen LogP contribution is -2.39. The molecular weight excluding hydrogens is 202 g/mol. The lowest BCUT2D eigenvalue weighted by molar-refractivity contribution is -0.0337. The lowest BCUT2D eigenvalue weighted by atomic mass is 10.1. The van der Waals surface area contributed by atoms with Crippen molar-refractivity contribution in [3.05, 3.63) is 17.5 Å². The van der Waals surface area contributed by atoms with Crippen molar-refractivity contribution in [3.8, 4) is 0 Å². The van der Waals surface area contributed by atoms with E-state index in [2.05, 4.69) is 22.0 Å². The number of hydrogen-bond acceptors (Lipinski definition) is 3. The molecule has 2 aliphatic rings. The molecule has 1 saturated carbocycles. The fourth-order valence-corrected chi connectivity index (χ4v) is 2.39. The fraction of sp³-hybridized carbons (Fsp3) is 0.750. The van der Waals surface area contributed by atoms with Crippen LogP contribution in [0.15, 0.2) is 6.20 Å². The predicted molar refractivity (Wildman–Crippen MR) is 61.2 cm³/mol. The van der Waals surface area contributed by atoms with Crippen LogP contribution < -0.4 is 0 Å². The Bertz CT molecular complexity index is 359. The molecule has 1 aromatic heterocycles. The first kappa shape index (κ1) is 10.3. The van der Waals surface area contributed by atoms with E-state index in [-0.39, 0.29) is 6.10 Å². The number of nitrogens with one attached hydrogen (secondary N) is 1. The maximum Gasteiger partial charge on any atom is 0.112 e. The summed E-state index contributed by atoms with van der Waals surface area (Å²) in [7, 11) is 0. The summed E-state index contributed by atoms with van der Waals surface area (Å²) in [5.41, 5.74) is 2.36. The number of morpholine rings is 1. The van der Waals surface area contributed by atoms with Crippen molar-refractivity contribution < 1.29 is 4.74 Å². The van der Waals surface area contributed by atoms with Gasteiger partial charge in [0.05, 0.1) is 18.5 Å². The zero-order chi connectivity index (χ0) is 11.0. The van der Waals surface area contributed by atoms with Gasteiger partial charge in [0, 0.05) is 19.6 Å². The number of H-pyrrole nitrogens is 1. The highest BCUT2D eigenvalue weighted by atomic mass is 16.5. The largest absolute Gasteiger partial charge is 0.369 e. The molecule has 1 aromatic rings. The van der Waals surface area contributed by atoms with Gasteiger partial charge in [-0.05, 0) is 31.2 Å². The minimum atomic E-state index is 0.190. The van der Waals surface area contributed by atoms with Gasteiger partial charge in [-0.25, -0.2) is 0 Å². The molecule has 1 aliphatic heterocycles. The summed E-state index contributed by atoms with van der Waals surface area (Å²) in [5, 5.41) is 7.13. The van der Waals surface area contributed by atoms with Crippen LogP contribution in [0.1, 0.15) is 30.2 Å². The van der Waals surface area contributed by atoms with Gasteiger partial charge in [0.2, 0.25) is 0 Å². The van der Waals surface area contributed by atoms with Crippen LogP contribution in [0, 0.1) is 12.8 Å². The van der Waals surface area contributed by atoms with Crippen LogP contribution >= 0.6 is 0 Å². The van der Waals surface area contributed by atoms with Crippen LogP contribution in [-0.4, -0.2) is 41.3 Å². The molecule has 1 aliphatic carbocycles. The molecular formula is C12H19N3O. The van der Waals surface area contributed by atoms with Crippen LogP contribution in [0.25, 0.3) is 0 Å². The first-order valence-electron chi connectivity index (χ1n) is 6.17. The molecule has 2 heterocycles. The molecule has 4 nitrogen and oxygen atoms in total. The number of ether oxygens (including phenoxy) is 1. The van der Waals surface area contributed by atoms with Gasteiger partial charge >= 0.3 is 0 Å². The van der Waals surface area contributed by atoms with E-state index >= 15 is 0 Å². The second-order valence-corrected chi connectivity index (χ2v) is 5.03. The number of aryl methyl sites for hydroxylation is 1. The monoisotopic (exact) mass is 221 g/mol. The van der Waals surface area contributed by atoms with Gasteiger partial charge in [-0.2, -0.15) is 5.10 Å². The smallest absolute Gasteiger partial charge is 0.112 e. The first-order valence-corrected chi connectivity index (χ1v) is 6.17. The molecule has 0 amide bonds. The van der Waals surface area contributed by atoms with Crippen molar-refractivity contribution in [3.63, 3.8) is 0 Å². The maximum atomic E-state index is 5.82. The normalized spacial score (nSPS) is 27.2. The molecule has 16 heavy (non-hydrogen) atoms. The summed E-state index contributed by atoms with van der Waals surface area (Å²) in [4.78, 5) is 2.53. The lowest BCUT2D eigenvalue weighted by Gasteiger charge is -2.32. The number of rotatable bonds is 3. The predicted octanol–water partition coefficient (Wildman–Crippen LogP) is 1.50. The molecule has 0 aromatic carbocycles. The van der Waals surface area contributed by atoms with Crippen molar-refractivity contribution in [2.45, 2.75) is 25.9 Å². The Morgan fingerprint density at radius 3 is 3.12 bits per heavy atom. The average molecular weight is 221 g/mol. The van der Waals surface area contributed by atoms with E-state index in [1.165, 1.54) is 24.9 Å². The Balaban J connectivity index is 1.64. The highest BCUT2D eigenvalue weighted by Gasteiger charge is 2.29. The van der Waals surface area contributed by atoms with E-state index in [0.717, 1.165) is 31.3 Å². The third-order valence-corrected chi connectivity index (χ3v) is 3.55. The molecule has 0 radical (unpaired) electrons. The molecule has 1 saturated heterocycles. The summed E-state index contributed by atoms with van der Waals surface area (Å²) in [6.45, 7) is 6.28. The third-order valence-electron chi connectivity index (χ3n) is 3.55. The zero-order valence-corrected chi connectivity index (χ0v) is 9.78. The molecule has 0 bridgehead atoms. The van der Waals surface area contributed by atoms with Gasteiger partial charge in [0.1, 0.15) is 6.10 Å². The van der Waals surface area contributed by atoms with E-state index < -0.39 is 0 Å². The molecule has 88 valence electrons. The molecule has 1 N–H and O–H groups in total. The molecule has 3 rings (SSSR count). The highest BCUT2D eigenvalue weighted by Crippen LogP contribution is 2.31. The van der Waals surface area contributed by atoms with Crippen LogP contribution in [0.2, 0.25) is 0 Å². The second kappa shape index (κ2) is 4.18. The van der Waals surface area contributed by atoms with E-state index in [4.69, 9.17) is 4.74 Å². The van der Waals surface area contributed by atoms with E-state index in [9.17, 15) is 0 Å². The number of hydrogen-bond donors (Lipinski definition) is 1. The summed E-state index contributed by atoms with van der Waals surface area (Å²) in [6, 6.07) is 0. The molecule has 0 spiro atoms. The zero-order valence-electron chi connectivity index (χ0n) is 9.78. The fourth-order valence-electron chi connectivity index (χ4n) is 2.39.